The minimum absolute atomic E-state index is 0.0210. The number of halogens is 6. The fourth-order valence-electron chi connectivity index (χ4n) is 3.26. The summed E-state index contributed by atoms with van der Waals surface area (Å²) < 4.78 is 80.4. The molecule has 12 heteroatoms. The highest BCUT2D eigenvalue weighted by atomic mass is 32.1. The minimum Gasteiger partial charge on any atom is -0.347 e. The molecule has 1 aromatic carbocycles. The molecular weight excluding hydrogens is 458 g/mol. The molecule has 1 amide bonds. The molecule has 1 atom stereocenters. The molecule has 0 unspecified atom stereocenters. The van der Waals surface area contributed by atoms with Crippen molar-refractivity contribution >= 4 is 17.2 Å². The number of amides is 1. The summed E-state index contributed by atoms with van der Waals surface area (Å²) in [5.74, 6) is -0.642. The molecule has 0 spiro atoms. The second-order valence-electron chi connectivity index (χ2n) is 6.99. The van der Waals surface area contributed by atoms with Crippen molar-refractivity contribution < 1.29 is 31.1 Å². The van der Waals surface area contributed by atoms with Gasteiger partial charge in [0.15, 0.2) is 0 Å². The number of nitrogens with two attached hydrogens (primary N) is 1. The van der Waals surface area contributed by atoms with E-state index < -0.39 is 35.4 Å². The topological polar surface area (TPSA) is 72.9 Å². The minimum atomic E-state index is -4.62. The number of nitrogens with one attached hydrogen (secondary N) is 1. The highest BCUT2D eigenvalue weighted by molar-refractivity contribution is 7.12. The predicted octanol–water partition coefficient (Wildman–Crippen LogP) is 4.49. The third-order valence-corrected chi connectivity index (χ3v) is 5.68. The Morgan fingerprint density at radius 3 is 2.44 bits per heavy atom. The van der Waals surface area contributed by atoms with Gasteiger partial charge in [0.2, 0.25) is 0 Å². The van der Waals surface area contributed by atoms with Crippen LogP contribution in [0.15, 0.2) is 41.9 Å². The number of rotatable bonds is 6. The number of aryl methyl sites for hydroxylation is 1. The molecule has 2 heterocycles. The molecule has 0 saturated carbocycles. The molecule has 0 aliphatic heterocycles. The number of hydrogen-bond acceptors (Lipinski definition) is 4. The lowest BCUT2D eigenvalue weighted by Crippen LogP contribution is -2.41. The van der Waals surface area contributed by atoms with Crippen LogP contribution in [0, 0.1) is 0 Å². The van der Waals surface area contributed by atoms with Gasteiger partial charge >= 0.3 is 12.4 Å². The van der Waals surface area contributed by atoms with Gasteiger partial charge in [0.1, 0.15) is 5.56 Å². The van der Waals surface area contributed by atoms with Crippen LogP contribution in [0.4, 0.5) is 26.3 Å². The van der Waals surface area contributed by atoms with E-state index in [4.69, 9.17) is 5.73 Å². The van der Waals surface area contributed by atoms with Gasteiger partial charge in [0, 0.05) is 30.6 Å². The van der Waals surface area contributed by atoms with Gasteiger partial charge in [0.25, 0.3) is 5.91 Å². The molecule has 2 aromatic heterocycles. The van der Waals surface area contributed by atoms with Crippen LogP contribution >= 0.6 is 11.3 Å². The maximum atomic E-state index is 13.2. The summed E-state index contributed by atoms with van der Waals surface area (Å²) in [4.78, 5) is 12.7. The zero-order valence-corrected chi connectivity index (χ0v) is 17.4. The number of carbonyl (C=O) groups is 1. The Morgan fingerprint density at radius 1 is 1.16 bits per heavy atom. The summed E-state index contributed by atoms with van der Waals surface area (Å²) in [6.45, 7) is -0.129. The Morgan fingerprint density at radius 2 is 1.81 bits per heavy atom. The SMILES string of the molecule is Cn1ncc(C(F)(F)F)c1-c1csc(C(=O)N[C@H](CN)Cc2ccccc2C(F)(F)F)c1. The first kappa shape index (κ1) is 23.8. The number of alkyl halides is 6. The number of hydrogen-bond donors (Lipinski definition) is 2. The molecule has 0 fully saturated rings. The van der Waals surface area contributed by atoms with Crippen molar-refractivity contribution in [2.24, 2.45) is 12.8 Å². The van der Waals surface area contributed by atoms with Gasteiger partial charge in [-0.25, -0.2) is 0 Å². The van der Waals surface area contributed by atoms with Crippen LogP contribution in [0.25, 0.3) is 11.3 Å². The van der Waals surface area contributed by atoms with Crippen LogP contribution in [0.5, 0.6) is 0 Å². The maximum Gasteiger partial charge on any atom is 0.420 e. The van der Waals surface area contributed by atoms with Crippen molar-refractivity contribution in [3.63, 3.8) is 0 Å². The number of carbonyl (C=O) groups excluding carboxylic acids is 1. The van der Waals surface area contributed by atoms with E-state index in [1.165, 1.54) is 36.7 Å². The van der Waals surface area contributed by atoms with Crippen molar-refractivity contribution in [2.45, 2.75) is 24.8 Å². The van der Waals surface area contributed by atoms with Gasteiger partial charge in [-0.05, 0) is 24.1 Å². The van der Waals surface area contributed by atoms with Crippen molar-refractivity contribution in [1.82, 2.24) is 15.1 Å². The molecule has 3 aromatic rings. The van der Waals surface area contributed by atoms with Crippen molar-refractivity contribution in [2.75, 3.05) is 6.54 Å². The average Bonchev–Trinajstić information content (AvgIpc) is 3.33. The average molecular weight is 476 g/mol. The summed E-state index contributed by atoms with van der Waals surface area (Å²) in [5, 5.41) is 7.59. The summed E-state index contributed by atoms with van der Waals surface area (Å²) >= 11 is 0.909. The number of aromatic nitrogens is 2. The van der Waals surface area contributed by atoms with Crippen LogP contribution in [-0.2, 0) is 25.8 Å². The predicted molar refractivity (Wildman–Crippen MR) is 107 cm³/mol. The lowest BCUT2D eigenvalue weighted by Gasteiger charge is -2.19. The number of thiophene rings is 1. The van der Waals surface area contributed by atoms with Gasteiger partial charge in [0.05, 0.1) is 22.3 Å². The summed E-state index contributed by atoms with van der Waals surface area (Å²) in [6.07, 6.45) is -8.63. The molecule has 3 N–H and O–H groups in total. The smallest absolute Gasteiger partial charge is 0.347 e. The van der Waals surface area contributed by atoms with Crippen molar-refractivity contribution in [3.05, 3.63) is 63.5 Å². The van der Waals surface area contributed by atoms with Gasteiger partial charge in [-0.3, -0.25) is 9.48 Å². The highest BCUT2D eigenvalue weighted by Crippen LogP contribution is 2.38. The molecular formula is C20H18F6N4OS. The van der Waals surface area contributed by atoms with Crippen LogP contribution in [-0.4, -0.2) is 28.3 Å². The Labute approximate surface area is 182 Å². The molecule has 5 nitrogen and oxygen atoms in total. The Kier molecular flexibility index (Phi) is 6.65. The van der Waals surface area contributed by atoms with E-state index in [9.17, 15) is 31.1 Å². The lowest BCUT2D eigenvalue weighted by atomic mass is 9.99. The van der Waals surface area contributed by atoms with Crippen LogP contribution in [0.2, 0.25) is 0 Å². The molecule has 3 rings (SSSR count). The fourth-order valence-corrected chi connectivity index (χ4v) is 4.05. The Balaban J connectivity index is 1.79. The van der Waals surface area contributed by atoms with Gasteiger partial charge in [-0.2, -0.15) is 31.4 Å². The van der Waals surface area contributed by atoms with E-state index in [0.717, 1.165) is 22.1 Å². The van der Waals surface area contributed by atoms with Crippen LogP contribution in [0.1, 0.15) is 26.4 Å². The van der Waals surface area contributed by atoms with Crippen LogP contribution < -0.4 is 11.1 Å². The highest BCUT2D eigenvalue weighted by Gasteiger charge is 2.37. The molecule has 0 aliphatic rings. The third-order valence-electron chi connectivity index (χ3n) is 4.75. The Bertz CT molecular complexity index is 1100. The first-order valence-corrected chi connectivity index (χ1v) is 10.1. The Hall–Kier alpha value is -2.86. The van der Waals surface area contributed by atoms with Gasteiger partial charge in [-0.15, -0.1) is 11.3 Å². The molecule has 0 radical (unpaired) electrons. The number of benzene rings is 1. The monoisotopic (exact) mass is 476 g/mol. The van der Waals surface area contributed by atoms with E-state index in [1.54, 1.807) is 0 Å². The first-order valence-electron chi connectivity index (χ1n) is 9.26. The molecule has 32 heavy (non-hydrogen) atoms. The summed E-state index contributed by atoms with van der Waals surface area (Å²) in [5.41, 5.74) is 3.83. The molecule has 172 valence electrons. The quantitative estimate of drug-likeness (QED) is 0.515. The first-order chi connectivity index (χ1) is 14.9. The lowest BCUT2D eigenvalue weighted by molar-refractivity contribution is -0.138. The largest absolute Gasteiger partial charge is 0.420 e. The normalized spacial score (nSPS) is 13.2. The fraction of sp³-hybridized carbons (Fsp3) is 0.300. The van der Waals surface area contributed by atoms with Crippen molar-refractivity contribution in [1.29, 1.82) is 0 Å². The van der Waals surface area contributed by atoms with E-state index in [2.05, 4.69) is 10.4 Å². The molecule has 0 saturated heterocycles. The van der Waals surface area contributed by atoms with E-state index >= 15 is 0 Å². The molecule has 0 bridgehead atoms. The number of nitrogens with zero attached hydrogens (tertiary/aromatic N) is 2. The van der Waals surface area contributed by atoms with Gasteiger partial charge < -0.3 is 11.1 Å². The zero-order chi connectivity index (χ0) is 23.7. The van der Waals surface area contributed by atoms with E-state index in [-0.39, 0.29) is 34.7 Å². The van der Waals surface area contributed by atoms with E-state index in [1.807, 2.05) is 0 Å². The second-order valence-corrected chi connectivity index (χ2v) is 7.90. The summed E-state index contributed by atoms with van der Waals surface area (Å²) in [6, 6.07) is 5.45. The standard InChI is InChI=1S/C20H18F6N4OS/c1-30-17(15(9-28-30)20(24,25)26)12-7-16(32-10-12)18(31)29-13(8-27)6-11-4-2-3-5-14(11)19(21,22)23/h2-5,7,9-10,13H,6,8,27H2,1H3,(H,29,31)/t13-/m0/s1. The third kappa shape index (κ3) is 5.13. The van der Waals surface area contributed by atoms with Crippen molar-refractivity contribution in [3.8, 4) is 11.3 Å². The van der Waals surface area contributed by atoms with Crippen LogP contribution in [0.3, 0.4) is 0 Å². The molecule has 0 aliphatic carbocycles. The van der Waals surface area contributed by atoms with E-state index in [0.29, 0.717) is 6.20 Å². The second kappa shape index (κ2) is 8.94. The zero-order valence-electron chi connectivity index (χ0n) is 16.6. The van der Waals surface area contributed by atoms with Gasteiger partial charge in [-0.1, -0.05) is 18.2 Å². The maximum absolute atomic E-state index is 13.2. The summed E-state index contributed by atoms with van der Waals surface area (Å²) in [7, 11) is 1.35.